The minimum Gasteiger partial charge on any atom is -0.478 e. The summed E-state index contributed by atoms with van der Waals surface area (Å²) >= 11 is 0. The van der Waals surface area contributed by atoms with Crippen molar-refractivity contribution in [2.45, 2.75) is 40.5 Å². The van der Waals surface area contributed by atoms with E-state index in [1.54, 1.807) is 6.07 Å². The largest absolute Gasteiger partial charge is 0.478 e. The molecule has 1 atom stereocenters. The lowest BCUT2D eigenvalue weighted by molar-refractivity contribution is -0.153. The van der Waals surface area contributed by atoms with Gasteiger partial charge in [0.2, 0.25) is 0 Å². The van der Waals surface area contributed by atoms with Crippen LogP contribution >= 0.6 is 0 Å². The summed E-state index contributed by atoms with van der Waals surface area (Å²) in [6.07, 6.45) is 1.56. The van der Waals surface area contributed by atoms with Gasteiger partial charge in [0.15, 0.2) is 0 Å². The van der Waals surface area contributed by atoms with E-state index in [-0.39, 0.29) is 35.7 Å². The molecule has 26 heavy (non-hydrogen) atoms. The van der Waals surface area contributed by atoms with E-state index in [1.807, 2.05) is 0 Å². The third-order valence-electron chi connectivity index (χ3n) is 4.99. The van der Waals surface area contributed by atoms with Gasteiger partial charge in [0.05, 0.1) is 16.5 Å². The maximum atomic E-state index is 12.5. The zero-order valence-electron chi connectivity index (χ0n) is 15.7. The van der Waals surface area contributed by atoms with Gasteiger partial charge < -0.3 is 14.6 Å². The first-order chi connectivity index (χ1) is 12.1. The van der Waals surface area contributed by atoms with Crippen LogP contribution in [0.1, 0.15) is 61.3 Å². The molecule has 2 rings (SSSR count). The van der Waals surface area contributed by atoms with Crippen LogP contribution in [0.4, 0.5) is 0 Å². The highest BCUT2D eigenvalue weighted by molar-refractivity contribution is 6.02. The van der Waals surface area contributed by atoms with Gasteiger partial charge in [-0.3, -0.25) is 4.79 Å². The number of carboxylic acid groups (broad SMARTS) is 1. The van der Waals surface area contributed by atoms with Gasteiger partial charge in [0, 0.05) is 0 Å². The number of hydrogen-bond donors (Lipinski definition) is 1. The normalized spacial score (nSPS) is 20.5. The van der Waals surface area contributed by atoms with Crippen LogP contribution in [-0.4, -0.2) is 36.2 Å². The van der Waals surface area contributed by atoms with Gasteiger partial charge in [0.25, 0.3) is 0 Å². The maximum Gasteiger partial charge on any atom is 0.339 e. The van der Waals surface area contributed by atoms with Crippen LogP contribution in [0.2, 0.25) is 0 Å². The lowest BCUT2D eigenvalue weighted by atomic mass is 9.87. The monoisotopic (exact) mass is 362 g/mol. The lowest BCUT2D eigenvalue weighted by Gasteiger charge is -2.21. The van der Waals surface area contributed by atoms with E-state index in [0.717, 1.165) is 12.8 Å². The summed E-state index contributed by atoms with van der Waals surface area (Å²) in [5.74, 6) is -1.81. The van der Waals surface area contributed by atoms with Crippen LogP contribution in [-0.2, 0) is 14.3 Å². The fraction of sp³-hybridized carbons (Fsp3) is 0.550. The Hall–Kier alpha value is -2.37. The second-order valence-electron chi connectivity index (χ2n) is 7.86. The highest BCUT2D eigenvalue weighted by Crippen LogP contribution is 2.67. The first kappa shape index (κ1) is 19.9. The van der Waals surface area contributed by atoms with Crippen LogP contribution < -0.4 is 0 Å². The summed E-state index contributed by atoms with van der Waals surface area (Å²) < 4.78 is 10.4. The van der Waals surface area contributed by atoms with Gasteiger partial charge in [-0.25, -0.2) is 9.59 Å². The molecule has 1 aromatic rings. The van der Waals surface area contributed by atoms with E-state index >= 15 is 0 Å². The van der Waals surface area contributed by atoms with E-state index in [4.69, 9.17) is 14.6 Å². The minimum atomic E-state index is -1.20. The second kappa shape index (κ2) is 7.48. The Bertz CT molecular complexity index is 706. The van der Waals surface area contributed by atoms with Crippen molar-refractivity contribution in [2.75, 3.05) is 13.2 Å². The van der Waals surface area contributed by atoms with E-state index < -0.39 is 17.4 Å². The zero-order chi connectivity index (χ0) is 19.5. The molecule has 0 heterocycles. The topological polar surface area (TPSA) is 89.9 Å². The second-order valence-corrected chi connectivity index (χ2v) is 7.86. The number of benzene rings is 1. The zero-order valence-corrected chi connectivity index (χ0v) is 15.7. The van der Waals surface area contributed by atoms with E-state index in [0.29, 0.717) is 5.92 Å². The molecular weight excluding hydrogens is 336 g/mol. The molecule has 1 aliphatic carbocycles. The molecule has 6 nitrogen and oxygen atoms in total. The molecule has 1 N–H and O–H groups in total. The Morgan fingerprint density at radius 1 is 1.08 bits per heavy atom. The predicted molar refractivity (Wildman–Crippen MR) is 94.9 cm³/mol. The molecule has 0 amide bonds. The molecule has 6 heteroatoms. The Labute approximate surface area is 153 Å². The van der Waals surface area contributed by atoms with E-state index in [2.05, 4.69) is 27.7 Å². The SMILES string of the molecule is CC(C)CC1(C(=O)OCCOC(=O)c2ccccc2C(=O)O)CC1(C)C. The van der Waals surface area contributed by atoms with Crippen LogP contribution in [0.3, 0.4) is 0 Å². The highest BCUT2D eigenvalue weighted by atomic mass is 16.6. The summed E-state index contributed by atoms with van der Waals surface area (Å²) in [5.41, 5.74) is -0.678. The third-order valence-corrected chi connectivity index (χ3v) is 4.99. The van der Waals surface area contributed by atoms with Crippen LogP contribution in [0.25, 0.3) is 0 Å². The van der Waals surface area contributed by atoms with Crippen molar-refractivity contribution in [3.05, 3.63) is 35.4 Å². The Balaban J connectivity index is 1.86. The molecule has 0 aliphatic heterocycles. The van der Waals surface area contributed by atoms with Gasteiger partial charge in [-0.05, 0) is 36.3 Å². The highest BCUT2D eigenvalue weighted by Gasteiger charge is 2.66. The fourth-order valence-corrected chi connectivity index (χ4v) is 3.52. The molecule has 1 unspecified atom stereocenters. The Morgan fingerprint density at radius 3 is 2.12 bits per heavy atom. The Kier molecular flexibility index (Phi) is 5.74. The number of hydrogen-bond acceptors (Lipinski definition) is 5. The molecule has 0 bridgehead atoms. The number of carboxylic acids is 1. The summed E-state index contributed by atoms with van der Waals surface area (Å²) in [6.45, 7) is 8.10. The number of rotatable bonds is 8. The number of carbonyl (C=O) groups is 3. The molecule has 0 aromatic heterocycles. The first-order valence-electron chi connectivity index (χ1n) is 8.77. The number of aromatic carboxylic acids is 1. The molecule has 0 spiro atoms. The van der Waals surface area contributed by atoms with Crippen LogP contribution in [0.5, 0.6) is 0 Å². The predicted octanol–water partition coefficient (Wildman–Crippen LogP) is 3.55. The van der Waals surface area contributed by atoms with Gasteiger partial charge >= 0.3 is 17.9 Å². The van der Waals surface area contributed by atoms with Crippen molar-refractivity contribution >= 4 is 17.9 Å². The molecule has 1 aromatic carbocycles. The Morgan fingerprint density at radius 2 is 1.62 bits per heavy atom. The van der Waals surface area contributed by atoms with Crippen LogP contribution in [0, 0.1) is 16.7 Å². The van der Waals surface area contributed by atoms with Crippen LogP contribution in [0.15, 0.2) is 24.3 Å². The van der Waals surface area contributed by atoms with Crippen molar-refractivity contribution in [1.29, 1.82) is 0 Å². The van der Waals surface area contributed by atoms with Gasteiger partial charge in [-0.2, -0.15) is 0 Å². The van der Waals surface area contributed by atoms with Gasteiger partial charge in [-0.15, -0.1) is 0 Å². The third kappa shape index (κ3) is 4.06. The fourth-order valence-electron chi connectivity index (χ4n) is 3.52. The van der Waals surface area contributed by atoms with Crippen molar-refractivity contribution < 1.29 is 29.0 Å². The number of carbonyl (C=O) groups excluding carboxylic acids is 2. The first-order valence-corrected chi connectivity index (χ1v) is 8.77. The van der Waals surface area contributed by atoms with Gasteiger partial charge in [-0.1, -0.05) is 39.8 Å². The summed E-state index contributed by atoms with van der Waals surface area (Å²) in [6, 6.07) is 5.83. The lowest BCUT2D eigenvalue weighted by Crippen LogP contribution is -2.27. The molecule has 0 radical (unpaired) electrons. The molecule has 0 saturated heterocycles. The summed E-state index contributed by atoms with van der Waals surface area (Å²) in [4.78, 5) is 35.7. The smallest absolute Gasteiger partial charge is 0.339 e. The molecule has 142 valence electrons. The minimum absolute atomic E-state index is 0.0223. The standard InChI is InChI=1S/C20H26O6/c1-13(2)11-20(12-19(20,3)4)18(24)26-10-9-25-17(23)15-8-6-5-7-14(15)16(21)22/h5-8,13H,9-12H2,1-4H3,(H,21,22). The molecule has 1 fully saturated rings. The summed E-state index contributed by atoms with van der Waals surface area (Å²) in [5, 5.41) is 9.10. The van der Waals surface area contributed by atoms with Crippen molar-refractivity contribution in [1.82, 2.24) is 0 Å². The summed E-state index contributed by atoms with van der Waals surface area (Å²) in [7, 11) is 0. The van der Waals surface area contributed by atoms with Gasteiger partial charge in [0.1, 0.15) is 13.2 Å². The molecule has 1 saturated carbocycles. The van der Waals surface area contributed by atoms with E-state index in [9.17, 15) is 14.4 Å². The number of ether oxygens (including phenoxy) is 2. The quantitative estimate of drug-likeness (QED) is 0.562. The average molecular weight is 362 g/mol. The van der Waals surface area contributed by atoms with Crippen molar-refractivity contribution in [3.8, 4) is 0 Å². The van der Waals surface area contributed by atoms with Crippen molar-refractivity contribution in [2.24, 2.45) is 16.7 Å². The van der Waals surface area contributed by atoms with Crippen molar-refractivity contribution in [3.63, 3.8) is 0 Å². The molecular formula is C20H26O6. The average Bonchev–Trinajstić information content (AvgIpc) is 3.12. The maximum absolute atomic E-state index is 12.5. The van der Waals surface area contributed by atoms with E-state index in [1.165, 1.54) is 18.2 Å². The molecule has 1 aliphatic rings. The number of esters is 2.